The maximum absolute atomic E-state index is 12.7. The maximum Gasteiger partial charge on any atom is 0.293 e. The highest BCUT2D eigenvalue weighted by Crippen LogP contribution is 2.32. The van der Waals surface area contributed by atoms with Gasteiger partial charge in [0.05, 0.1) is 11.0 Å². The average Bonchev–Trinajstić information content (AvgIpc) is 3.14. The SMILES string of the molecule is O=C(NC[C@H](c1cccs1)N1CCCC1)c1ccc(NC2CC2)c([N+](=O)[O-])c1. The molecule has 0 radical (unpaired) electrons. The fourth-order valence-corrected chi connectivity index (χ4v) is 4.49. The quantitative estimate of drug-likeness (QED) is 0.520. The molecule has 1 amide bonds. The number of likely N-dealkylation sites (tertiary alicyclic amines) is 1. The molecule has 1 aliphatic heterocycles. The number of nitrogens with zero attached hydrogens (tertiary/aromatic N) is 2. The molecule has 148 valence electrons. The molecule has 1 aromatic heterocycles. The molecule has 0 bridgehead atoms. The summed E-state index contributed by atoms with van der Waals surface area (Å²) in [5.41, 5.74) is 0.755. The van der Waals surface area contributed by atoms with E-state index in [9.17, 15) is 14.9 Å². The third-order valence-corrected chi connectivity index (χ3v) is 6.28. The largest absolute Gasteiger partial charge is 0.377 e. The van der Waals surface area contributed by atoms with Gasteiger partial charge in [0, 0.05) is 29.1 Å². The van der Waals surface area contributed by atoms with Crippen molar-refractivity contribution in [1.29, 1.82) is 0 Å². The normalized spacial score (nSPS) is 18.0. The number of nitrogens with one attached hydrogen (secondary N) is 2. The molecule has 1 atom stereocenters. The predicted octanol–water partition coefficient (Wildman–Crippen LogP) is 3.80. The highest BCUT2D eigenvalue weighted by molar-refractivity contribution is 7.10. The van der Waals surface area contributed by atoms with Crippen molar-refractivity contribution in [2.24, 2.45) is 0 Å². The minimum absolute atomic E-state index is 0.0473. The van der Waals surface area contributed by atoms with Crippen LogP contribution in [0.3, 0.4) is 0 Å². The Morgan fingerprint density at radius 2 is 2.07 bits per heavy atom. The van der Waals surface area contributed by atoms with Gasteiger partial charge in [-0.25, -0.2) is 0 Å². The lowest BCUT2D eigenvalue weighted by molar-refractivity contribution is -0.384. The first-order valence-corrected chi connectivity index (χ1v) is 10.6. The molecular formula is C20H24N4O3S. The summed E-state index contributed by atoms with van der Waals surface area (Å²) in [6, 6.07) is 9.26. The molecule has 2 heterocycles. The maximum atomic E-state index is 12.7. The summed E-state index contributed by atoms with van der Waals surface area (Å²) < 4.78 is 0. The van der Waals surface area contributed by atoms with E-state index in [1.165, 1.54) is 23.8 Å². The van der Waals surface area contributed by atoms with E-state index in [4.69, 9.17) is 0 Å². The molecule has 2 aliphatic rings. The molecule has 4 rings (SSSR count). The zero-order chi connectivity index (χ0) is 19.5. The van der Waals surface area contributed by atoms with Crippen LogP contribution in [0.15, 0.2) is 35.7 Å². The number of carbonyl (C=O) groups is 1. The zero-order valence-corrected chi connectivity index (χ0v) is 16.4. The second kappa shape index (κ2) is 8.28. The van der Waals surface area contributed by atoms with Crippen molar-refractivity contribution < 1.29 is 9.72 Å². The van der Waals surface area contributed by atoms with E-state index >= 15 is 0 Å². The number of hydrogen-bond acceptors (Lipinski definition) is 6. The van der Waals surface area contributed by atoms with Crippen LogP contribution in [0.25, 0.3) is 0 Å². The van der Waals surface area contributed by atoms with Gasteiger partial charge < -0.3 is 10.6 Å². The summed E-state index contributed by atoms with van der Waals surface area (Å²) in [5.74, 6) is -0.276. The minimum Gasteiger partial charge on any atom is -0.377 e. The number of nitro benzene ring substituents is 1. The lowest BCUT2D eigenvalue weighted by Crippen LogP contribution is -2.36. The molecule has 2 fully saturated rings. The first-order valence-electron chi connectivity index (χ1n) is 9.72. The van der Waals surface area contributed by atoms with Crippen molar-refractivity contribution in [3.63, 3.8) is 0 Å². The van der Waals surface area contributed by atoms with E-state index in [0.717, 1.165) is 25.9 Å². The Morgan fingerprint density at radius 1 is 1.29 bits per heavy atom. The van der Waals surface area contributed by atoms with Crippen molar-refractivity contribution in [2.45, 2.75) is 37.8 Å². The van der Waals surface area contributed by atoms with Gasteiger partial charge in [-0.05, 0) is 62.4 Å². The van der Waals surface area contributed by atoms with Crippen LogP contribution in [0.2, 0.25) is 0 Å². The van der Waals surface area contributed by atoms with E-state index in [1.807, 2.05) is 6.07 Å². The Balaban J connectivity index is 1.46. The Morgan fingerprint density at radius 3 is 2.71 bits per heavy atom. The molecule has 1 saturated carbocycles. The monoisotopic (exact) mass is 400 g/mol. The van der Waals surface area contributed by atoms with Crippen LogP contribution in [-0.4, -0.2) is 41.4 Å². The zero-order valence-electron chi connectivity index (χ0n) is 15.6. The molecule has 7 nitrogen and oxygen atoms in total. The summed E-state index contributed by atoms with van der Waals surface area (Å²) >= 11 is 1.69. The molecule has 1 aliphatic carbocycles. The third kappa shape index (κ3) is 4.34. The summed E-state index contributed by atoms with van der Waals surface area (Å²) in [6.45, 7) is 2.56. The number of anilines is 1. The van der Waals surface area contributed by atoms with E-state index in [1.54, 1.807) is 23.5 Å². The first-order chi connectivity index (χ1) is 13.6. The van der Waals surface area contributed by atoms with Crippen LogP contribution < -0.4 is 10.6 Å². The van der Waals surface area contributed by atoms with E-state index in [2.05, 4.69) is 27.0 Å². The third-order valence-electron chi connectivity index (χ3n) is 5.30. The Bertz CT molecular complexity index is 845. The minimum atomic E-state index is -0.430. The van der Waals surface area contributed by atoms with Gasteiger partial charge in [0.2, 0.25) is 0 Å². The number of hydrogen-bond donors (Lipinski definition) is 2. The summed E-state index contributed by atoms with van der Waals surface area (Å²) in [7, 11) is 0. The Hall–Kier alpha value is -2.45. The van der Waals surface area contributed by atoms with Gasteiger partial charge in [0.15, 0.2) is 0 Å². The standard InChI is InChI=1S/C20H24N4O3S/c25-20(14-5-8-16(22-15-6-7-15)17(12-14)24(26)27)21-13-18(19-4-3-11-28-19)23-9-1-2-10-23/h3-5,8,11-12,15,18,22H,1-2,6-7,9-10,13H2,(H,21,25)/t18-/m1/s1. The number of carbonyl (C=O) groups excluding carboxylic acids is 1. The number of thiophene rings is 1. The number of amides is 1. The van der Waals surface area contributed by atoms with Crippen LogP contribution in [0.5, 0.6) is 0 Å². The van der Waals surface area contributed by atoms with Crippen molar-refractivity contribution in [2.75, 3.05) is 25.0 Å². The average molecular weight is 401 g/mol. The van der Waals surface area contributed by atoms with Crippen LogP contribution in [0.4, 0.5) is 11.4 Å². The highest BCUT2D eigenvalue weighted by atomic mass is 32.1. The summed E-state index contributed by atoms with van der Waals surface area (Å²) in [5, 5.41) is 19.6. The fourth-order valence-electron chi connectivity index (χ4n) is 3.63. The molecule has 0 unspecified atom stereocenters. The second-order valence-corrected chi connectivity index (χ2v) is 8.37. The van der Waals surface area contributed by atoms with Crippen molar-refractivity contribution in [1.82, 2.24) is 10.2 Å². The number of benzene rings is 1. The predicted molar refractivity (Wildman–Crippen MR) is 110 cm³/mol. The van der Waals surface area contributed by atoms with E-state index in [0.29, 0.717) is 23.8 Å². The van der Waals surface area contributed by atoms with Gasteiger partial charge >= 0.3 is 0 Å². The molecular weight excluding hydrogens is 376 g/mol. The fraction of sp³-hybridized carbons (Fsp3) is 0.450. The number of nitro groups is 1. The molecule has 2 aromatic rings. The summed E-state index contributed by atoms with van der Waals surface area (Å²) in [6.07, 6.45) is 4.41. The molecule has 1 saturated heterocycles. The smallest absolute Gasteiger partial charge is 0.293 e. The van der Waals surface area contributed by atoms with Gasteiger partial charge in [0.1, 0.15) is 5.69 Å². The van der Waals surface area contributed by atoms with Crippen LogP contribution in [0, 0.1) is 10.1 Å². The molecule has 0 spiro atoms. The second-order valence-electron chi connectivity index (χ2n) is 7.39. The van der Waals surface area contributed by atoms with Crippen LogP contribution in [0.1, 0.15) is 47.0 Å². The van der Waals surface area contributed by atoms with Crippen LogP contribution >= 0.6 is 11.3 Å². The molecule has 8 heteroatoms. The topological polar surface area (TPSA) is 87.5 Å². The Labute approximate surface area is 167 Å². The van der Waals surface area contributed by atoms with Crippen LogP contribution in [-0.2, 0) is 0 Å². The van der Waals surface area contributed by atoms with E-state index < -0.39 is 4.92 Å². The molecule has 1 aromatic carbocycles. The lowest BCUT2D eigenvalue weighted by Gasteiger charge is -2.27. The first kappa shape index (κ1) is 18.9. The van der Waals surface area contributed by atoms with Gasteiger partial charge in [0.25, 0.3) is 11.6 Å². The van der Waals surface area contributed by atoms with Crippen molar-refractivity contribution in [3.05, 3.63) is 56.3 Å². The Kier molecular flexibility index (Phi) is 5.59. The molecule has 2 N–H and O–H groups in total. The van der Waals surface area contributed by atoms with Crippen molar-refractivity contribution >= 4 is 28.6 Å². The highest BCUT2D eigenvalue weighted by Gasteiger charge is 2.27. The molecule has 28 heavy (non-hydrogen) atoms. The van der Waals surface area contributed by atoms with Gasteiger partial charge in [-0.3, -0.25) is 19.8 Å². The van der Waals surface area contributed by atoms with Gasteiger partial charge in [-0.15, -0.1) is 11.3 Å². The van der Waals surface area contributed by atoms with E-state index in [-0.39, 0.29) is 17.6 Å². The van der Waals surface area contributed by atoms with Crippen molar-refractivity contribution in [3.8, 4) is 0 Å². The van der Waals surface area contributed by atoms with Gasteiger partial charge in [-0.1, -0.05) is 6.07 Å². The number of rotatable bonds is 8. The summed E-state index contributed by atoms with van der Waals surface area (Å²) in [4.78, 5) is 27.3. The van der Waals surface area contributed by atoms with Gasteiger partial charge in [-0.2, -0.15) is 0 Å². The lowest BCUT2D eigenvalue weighted by atomic mass is 10.1.